The lowest BCUT2D eigenvalue weighted by atomic mass is 10.2. The molecule has 2 nitrogen and oxygen atoms in total. The van der Waals surface area contributed by atoms with E-state index >= 15 is 0 Å². The van der Waals surface area contributed by atoms with E-state index in [9.17, 15) is 0 Å². The first kappa shape index (κ1) is 10.4. The predicted molar refractivity (Wildman–Crippen MR) is 54.8 cm³/mol. The van der Waals surface area contributed by atoms with Gasteiger partial charge in [-0.1, -0.05) is 0 Å². The summed E-state index contributed by atoms with van der Waals surface area (Å²) in [4.78, 5) is 0. The van der Waals surface area contributed by atoms with Gasteiger partial charge >= 0.3 is 0 Å². The lowest BCUT2D eigenvalue weighted by Crippen LogP contribution is -2.24. The fourth-order valence-corrected chi connectivity index (χ4v) is 2.65. The molecule has 1 heterocycles. The van der Waals surface area contributed by atoms with Crippen LogP contribution in [0, 0.1) is 0 Å². The number of thioether (sulfide) groups is 1. The Morgan fingerprint density at radius 1 is 1.58 bits per heavy atom. The molecule has 1 N–H and O–H groups in total. The maximum Gasteiger partial charge on any atom is 0.0474 e. The van der Waals surface area contributed by atoms with Crippen LogP contribution in [0.2, 0.25) is 0 Å². The van der Waals surface area contributed by atoms with Gasteiger partial charge in [-0.05, 0) is 31.6 Å². The van der Waals surface area contributed by atoms with Crippen molar-refractivity contribution in [3.63, 3.8) is 0 Å². The molecular formula is C9H19NOS. The highest BCUT2D eigenvalue weighted by atomic mass is 32.2. The van der Waals surface area contributed by atoms with Gasteiger partial charge in [-0.25, -0.2) is 0 Å². The third-order valence-electron chi connectivity index (χ3n) is 2.10. The first-order valence-corrected chi connectivity index (χ1v) is 5.79. The average molecular weight is 189 g/mol. The summed E-state index contributed by atoms with van der Waals surface area (Å²) >= 11 is 2.11. The number of hydrogen-bond donors (Lipinski definition) is 1. The first-order valence-electron chi connectivity index (χ1n) is 4.74. The molecule has 0 amide bonds. The van der Waals surface area contributed by atoms with Crippen LogP contribution < -0.4 is 5.32 Å². The highest BCUT2D eigenvalue weighted by molar-refractivity contribution is 8.00. The van der Waals surface area contributed by atoms with Crippen molar-refractivity contribution in [2.75, 3.05) is 32.6 Å². The number of rotatable bonds is 6. The van der Waals surface area contributed by atoms with Gasteiger partial charge in [0.1, 0.15) is 0 Å². The van der Waals surface area contributed by atoms with Crippen molar-refractivity contribution in [2.45, 2.75) is 24.5 Å². The SMILES string of the molecule is COCCCNCC1CCCS1. The van der Waals surface area contributed by atoms with E-state index in [1.54, 1.807) is 7.11 Å². The molecule has 0 aromatic heterocycles. The Morgan fingerprint density at radius 3 is 3.17 bits per heavy atom. The Balaban J connectivity index is 1.81. The predicted octanol–water partition coefficient (Wildman–Crippen LogP) is 1.51. The molecular weight excluding hydrogens is 170 g/mol. The molecule has 72 valence electrons. The van der Waals surface area contributed by atoms with Crippen molar-refractivity contribution in [1.82, 2.24) is 5.32 Å². The van der Waals surface area contributed by atoms with Gasteiger partial charge in [-0.3, -0.25) is 0 Å². The summed E-state index contributed by atoms with van der Waals surface area (Å²) in [7, 11) is 1.76. The van der Waals surface area contributed by atoms with Crippen molar-refractivity contribution in [1.29, 1.82) is 0 Å². The summed E-state index contributed by atoms with van der Waals surface area (Å²) < 4.78 is 4.97. The highest BCUT2D eigenvalue weighted by Gasteiger charge is 2.13. The summed E-state index contributed by atoms with van der Waals surface area (Å²) in [5, 5.41) is 4.34. The molecule has 1 aliphatic heterocycles. The second-order valence-electron chi connectivity index (χ2n) is 3.19. The third-order valence-corrected chi connectivity index (χ3v) is 3.50. The summed E-state index contributed by atoms with van der Waals surface area (Å²) in [6.07, 6.45) is 3.95. The van der Waals surface area contributed by atoms with Crippen molar-refractivity contribution < 1.29 is 4.74 Å². The molecule has 12 heavy (non-hydrogen) atoms. The first-order chi connectivity index (χ1) is 5.93. The third kappa shape index (κ3) is 4.33. The standard InChI is InChI=1S/C9H19NOS/c1-11-6-3-5-10-8-9-4-2-7-12-9/h9-10H,2-8H2,1H3. The topological polar surface area (TPSA) is 21.3 Å². The highest BCUT2D eigenvalue weighted by Crippen LogP contribution is 2.24. The minimum absolute atomic E-state index is 0.880. The van der Waals surface area contributed by atoms with Crippen molar-refractivity contribution in [2.24, 2.45) is 0 Å². The molecule has 0 aromatic rings. The van der Waals surface area contributed by atoms with Gasteiger partial charge in [0.2, 0.25) is 0 Å². The second kappa shape index (κ2) is 6.75. The lowest BCUT2D eigenvalue weighted by Gasteiger charge is -2.09. The molecule has 1 rings (SSSR count). The largest absolute Gasteiger partial charge is 0.385 e. The Labute approximate surface area is 79.4 Å². The second-order valence-corrected chi connectivity index (χ2v) is 4.59. The van der Waals surface area contributed by atoms with Crippen LogP contribution in [0.4, 0.5) is 0 Å². The Bertz CT molecular complexity index is 105. The molecule has 1 saturated heterocycles. The van der Waals surface area contributed by atoms with Gasteiger partial charge in [0.15, 0.2) is 0 Å². The van der Waals surface area contributed by atoms with Gasteiger partial charge < -0.3 is 10.1 Å². The molecule has 1 aliphatic rings. The Kier molecular flexibility index (Phi) is 5.82. The fourth-order valence-electron chi connectivity index (χ4n) is 1.41. The lowest BCUT2D eigenvalue weighted by molar-refractivity contribution is 0.194. The van der Waals surface area contributed by atoms with Crippen LogP contribution in [0.25, 0.3) is 0 Å². The Hall–Kier alpha value is 0.270. The van der Waals surface area contributed by atoms with Gasteiger partial charge in [0.05, 0.1) is 0 Å². The van der Waals surface area contributed by atoms with Crippen LogP contribution >= 0.6 is 11.8 Å². The van der Waals surface area contributed by atoms with E-state index in [2.05, 4.69) is 17.1 Å². The van der Waals surface area contributed by atoms with Gasteiger partial charge in [0, 0.05) is 25.5 Å². The molecule has 0 aromatic carbocycles. The van der Waals surface area contributed by atoms with E-state index in [0.29, 0.717) is 0 Å². The van der Waals surface area contributed by atoms with Crippen molar-refractivity contribution in [3.05, 3.63) is 0 Å². The normalized spacial score (nSPS) is 23.2. The smallest absolute Gasteiger partial charge is 0.0474 e. The van der Waals surface area contributed by atoms with Gasteiger partial charge in [-0.2, -0.15) is 11.8 Å². The fraction of sp³-hybridized carbons (Fsp3) is 1.00. The molecule has 3 heteroatoms. The molecule has 1 atom stereocenters. The monoisotopic (exact) mass is 189 g/mol. The molecule has 0 aliphatic carbocycles. The zero-order chi connectivity index (χ0) is 8.65. The van der Waals surface area contributed by atoms with E-state index in [-0.39, 0.29) is 0 Å². The van der Waals surface area contributed by atoms with Crippen LogP contribution in [-0.4, -0.2) is 37.8 Å². The number of hydrogen-bond acceptors (Lipinski definition) is 3. The minimum Gasteiger partial charge on any atom is -0.385 e. The van der Waals surface area contributed by atoms with Crippen LogP contribution in [0.3, 0.4) is 0 Å². The van der Waals surface area contributed by atoms with E-state index < -0.39 is 0 Å². The Morgan fingerprint density at radius 2 is 2.50 bits per heavy atom. The van der Waals surface area contributed by atoms with Gasteiger partial charge in [0.25, 0.3) is 0 Å². The minimum atomic E-state index is 0.880. The van der Waals surface area contributed by atoms with Crippen LogP contribution in [0.5, 0.6) is 0 Å². The maximum atomic E-state index is 4.97. The summed E-state index contributed by atoms with van der Waals surface area (Å²) in [6.45, 7) is 3.17. The number of nitrogens with one attached hydrogen (secondary N) is 1. The summed E-state index contributed by atoms with van der Waals surface area (Å²) in [5.41, 5.74) is 0. The summed E-state index contributed by atoms with van der Waals surface area (Å²) in [6, 6.07) is 0. The van der Waals surface area contributed by atoms with E-state index in [4.69, 9.17) is 4.74 Å². The zero-order valence-corrected chi connectivity index (χ0v) is 8.66. The number of methoxy groups -OCH3 is 1. The van der Waals surface area contributed by atoms with Crippen LogP contribution in [0.15, 0.2) is 0 Å². The van der Waals surface area contributed by atoms with E-state index in [1.165, 1.54) is 25.1 Å². The summed E-state index contributed by atoms with van der Waals surface area (Å²) in [5.74, 6) is 1.37. The van der Waals surface area contributed by atoms with Crippen LogP contribution in [0.1, 0.15) is 19.3 Å². The zero-order valence-electron chi connectivity index (χ0n) is 7.84. The van der Waals surface area contributed by atoms with E-state index in [0.717, 1.165) is 24.8 Å². The number of ether oxygens (including phenoxy) is 1. The van der Waals surface area contributed by atoms with Crippen molar-refractivity contribution in [3.8, 4) is 0 Å². The van der Waals surface area contributed by atoms with E-state index in [1.807, 2.05) is 0 Å². The molecule has 0 radical (unpaired) electrons. The van der Waals surface area contributed by atoms with Crippen molar-refractivity contribution >= 4 is 11.8 Å². The molecule has 1 unspecified atom stereocenters. The molecule has 1 fully saturated rings. The average Bonchev–Trinajstić information content (AvgIpc) is 2.57. The molecule has 0 saturated carbocycles. The maximum absolute atomic E-state index is 4.97. The quantitative estimate of drug-likeness (QED) is 0.640. The molecule has 0 spiro atoms. The van der Waals surface area contributed by atoms with Gasteiger partial charge in [-0.15, -0.1) is 0 Å². The molecule has 0 bridgehead atoms. The van der Waals surface area contributed by atoms with Crippen LogP contribution in [-0.2, 0) is 4.74 Å².